The second kappa shape index (κ2) is 3.92. The van der Waals surface area contributed by atoms with Crippen molar-refractivity contribution in [2.45, 2.75) is 0 Å². The standard InChI is InChI=1S/C12H8N4O2/c17-12(18)8-3-5-16-10(6-8)14-11(15-16)9-2-1-4-13-7-9/h1-7H,(H,17,18). The van der Waals surface area contributed by atoms with Gasteiger partial charge in [-0.05, 0) is 24.3 Å². The molecule has 0 saturated heterocycles. The van der Waals surface area contributed by atoms with Crippen LogP contribution in [0.2, 0.25) is 0 Å². The minimum absolute atomic E-state index is 0.188. The Balaban J connectivity index is 2.14. The third-order valence-electron chi connectivity index (χ3n) is 2.50. The number of hydrogen-bond acceptors (Lipinski definition) is 4. The molecule has 0 aromatic carbocycles. The minimum Gasteiger partial charge on any atom is -0.478 e. The first-order valence-electron chi connectivity index (χ1n) is 5.24. The Hall–Kier alpha value is -2.76. The molecule has 0 aliphatic carbocycles. The Morgan fingerprint density at radius 1 is 1.33 bits per heavy atom. The van der Waals surface area contributed by atoms with Crippen LogP contribution < -0.4 is 0 Å². The highest BCUT2D eigenvalue weighted by Crippen LogP contribution is 2.15. The summed E-state index contributed by atoms with van der Waals surface area (Å²) < 4.78 is 1.54. The van der Waals surface area contributed by atoms with Gasteiger partial charge in [0, 0.05) is 24.2 Å². The monoisotopic (exact) mass is 240 g/mol. The molecular formula is C12H8N4O2. The van der Waals surface area contributed by atoms with Crippen LogP contribution in [0.4, 0.5) is 0 Å². The summed E-state index contributed by atoms with van der Waals surface area (Å²) >= 11 is 0. The van der Waals surface area contributed by atoms with Crippen LogP contribution in [-0.4, -0.2) is 30.7 Å². The number of fused-ring (bicyclic) bond motifs is 1. The quantitative estimate of drug-likeness (QED) is 0.734. The molecule has 0 radical (unpaired) electrons. The van der Waals surface area contributed by atoms with Gasteiger partial charge in [-0.2, -0.15) is 0 Å². The summed E-state index contributed by atoms with van der Waals surface area (Å²) in [6.07, 6.45) is 4.90. The van der Waals surface area contributed by atoms with Crippen molar-refractivity contribution in [3.8, 4) is 11.4 Å². The van der Waals surface area contributed by atoms with Gasteiger partial charge in [-0.15, -0.1) is 5.10 Å². The number of carboxylic acids is 1. The van der Waals surface area contributed by atoms with Crippen LogP contribution >= 0.6 is 0 Å². The smallest absolute Gasteiger partial charge is 0.335 e. The van der Waals surface area contributed by atoms with Crippen molar-refractivity contribution in [1.82, 2.24) is 19.6 Å². The molecule has 6 nitrogen and oxygen atoms in total. The Bertz CT molecular complexity index is 721. The molecule has 0 saturated carbocycles. The third kappa shape index (κ3) is 1.69. The molecule has 0 amide bonds. The van der Waals surface area contributed by atoms with Gasteiger partial charge in [0.1, 0.15) is 0 Å². The van der Waals surface area contributed by atoms with Crippen molar-refractivity contribution < 1.29 is 9.90 Å². The van der Waals surface area contributed by atoms with E-state index in [2.05, 4.69) is 15.1 Å². The zero-order valence-corrected chi connectivity index (χ0v) is 9.19. The number of aromatic carboxylic acids is 1. The zero-order valence-electron chi connectivity index (χ0n) is 9.19. The van der Waals surface area contributed by atoms with Crippen molar-refractivity contribution in [2.75, 3.05) is 0 Å². The summed E-state index contributed by atoms with van der Waals surface area (Å²) in [4.78, 5) is 19.1. The topological polar surface area (TPSA) is 80.4 Å². The van der Waals surface area contributed by atoms with E-state index in [0.29, 0.717) is 11.5 Å². The van der Waals surface area contributed by atoms with Crippen molar-refractivity contribution in [3.05, 3.63) is 48.4 Å². The lowest BCUT2D eigenvalue weighted by Crippen LogP contribution is -1.97. The van der Waals surface area contributed by atoms with E-state index in [0.717, 1.165) is 5.56 Å². The number of pyridine rings is 2. The lowest BCUT2D eigenvalue weighted by molar-refractivity contribution is 0.0697. The van der Waals surface area contributed by atoms with E-state index in [1.807, 2.05) is 6.07 Å². The molecule has 0 unspecified atom stereocenters. The van der Waals surface area contributed by atoms with Crippen molar-refractivity contribution in [3.63, 3.8) is 0 Å². The third-order valence-corrected chi connectivity index (χ3v) is 2.50. The van der Waals surface area contributed by atoms with Gasteiger partial charge in [-0.25, -0.2) is 14.3 Å². The number of carboxylic acid groups (broad SMARTS) is 1. The maximum absolute atomic E-state index is 10.9. The Kier molecular flexibility index (Phi) is 2.26. The van der Waals surface area contributed by atoms with Crippen LogP contribution in [0.5, 0.6) is 0 Å². The SMILES string of the molecule is O=C(O)c1ccn2nc(-c3cccnc3)nc2c1. The minimum atomic E-state index is -0.983. The molecule has 0 fully saturated rings. The van der Waals surface area contributed by atoms with E-state index in [9.17, 15) is 4.79 Å². The number of carbonyl (C=O) groups is 1. The van der Waals surface area contributed by atoms with E-state index >= 15 is 0 Å². The van der Waals surface area contributed by atoms with Crippen LogP contribution in [-0.2, 0) is 0 Å². The Morgan fingerprint density at radius 2 is 2.22 bits per heavy atom. The van der Waals surface area contributed by atoms with Gasteiger partial charge in [0.05, 0.1) is 5.56 Å². The van der Waals surface area contributed by atoms with Crippen LogP contribution in [0, 0.1) is 0 Å². The summed E-state index contributed by atoms with van der Waals surface area (Å²) in [5, 5.41) is 13.2. The highest BCUT2D eigenvalue weighted by Gasteiger charge is 2.09. The fourth-order valence-electron chi connectivity index (χ4n) is 1.63. The van der Waals surface area contributed by atoms with Crippen LogP contribution in [0.1, 0.15) is 10.4 Å². The molecule has 3 aromatic rings. The van der Waals surface area contributed by atoms with Gasteiger partial charge in [0.2, 0.25) is 0 Å². The maximum atomic E-state index is 10.9. The fourth-order valence-corrected chi connectivity index (χ4v) is 1.63. The number of rotatable bonds is 2. The molecule has 3 aromatic heterocycles. The van der Waals surface area contributed by atoms with Crippen LogP contribution in [0.25, 0.3) is 17.0 Å². The average Bonchev–Trinajstić information content (AvgIpc) is 2.82. The van der Waals surface area contributed by atoms with E-state index in [4.69, 9.17) is 5.11 Å². The number of nitrogens with zero attached hydrogens (tertiary/aromatic N) is 4. The van der Waals surface area contributed by atoms with E-state index in [-0.39, 0.29) is 5.56 Å². The molecule has 0 bridgehead atoms. The van der Waals surface area contributed by atoms with Crippen molar-refractivity contribution in [2.24, 2.45) is 0 Å². The number of hydrogen-bond donors (Lipinski definition) is 1. The van der Waals surface area contributed by atoms with E-state index in [1.165, 1.54) is 16.6 Å². The molecule has 3 rings (SSSR count). The number of aromatic nitrogens is 4. The second-order valence-corrected chi connectivity index (χ2v) is 3.70. The zero-order chi connectivity index (χ0) is 12.5. The van der Waals surface area contributed by atoms with Gasteiger partial charge in [-0.1, -0.05) is 0 Å². The maximum Gasteiger partial charge on any atom is 0.335 e. The molecule has 1 N–H and O–H groups in total. The van der Waals surface area contributed by atoms with Crippen LogP contribution in [0.3, 0.4) is 0 Å². The Labute approximate surface area is 102 Å². The van der Waals surface area contributed by atoms with E-state index < -0.39 is 5.97 Å². The molecule has 0 aliphatic rings. The summed E-state index contributed by atoms with van der Waals surface area (Å²) in [5.41, 5.74) is 1.47. The first kappa shape index (κ1) is 10.4. The molecule has 18 heavy (non-hydrogen) atoms. The predicted molar refractivity (Wildman–Crippen MR) is 63.2 cm³/mol. The first-order chi connectivity index (χ1) is 8.74. The highest BCUT2D eigenvalue weighted by atomic mass is 16.4. The largest absolute Gasteiger partial charge is 0.478 e. The second-order valence-electron chi connectivity index (χ2n) is 3.70. The molecule has 3 heterocycles. The molecule has 0 atom stereocenters. The molecular weight excluding hydrogens is 232 g/mol. The summed E-state index contributed by atoms with van der Waals surface area (Å²) in [7, 11) is 0. The lowest BCUT2D eigenvalue weighted by Gasteiger charge is -1.93. The van der Waals surface area contributed by atoms with Gasteiger partial charge in [0.25, 0.3) is 0 Å². The summed E-state index contributed by atoms with van der Waals surface area (Å²) in [5.74, 6) is -0.464. The van der Waals surface area contributed by atoms with Gasteiger partial charge >= 0.3 is 5.97 Å². The summed E-state index contributed by atoms with van der Waals surface area (Å²) in [6.45, 7) is 0. The lowest BCUT2D eigenvalue weighted by atomic mass is 10.3. The van der Waals surface area contributed by atoms with Crippen LogP contribution in [0.15, 0.2) is 42.9 Å². The normalized spacial score (nSPS) is 10.7. The Morgan fingerprint density at radius 3 is 2.94 bits per heavy atom. The molecule has 6 heteroatoms. The molecule has 0 spiro atoms. The van der Waals surface area contributed by atoms with Crippen molar-refractivity contribution in [1.29, 1.82) is 0 Å². The van der Waals surface area contributed by atoms with Crippen molar-refractivity contribution >= 4 is 11.6 Å². The fraction of sp³-hybridized carbons (Fsp3) is 0. The highest BCUT2D eigenvalue weighted by molar-refractivity contribution is 5.88. The average molecular weight is 240 g/mol. The van der Waals surface area contributed by atoms with Gasteiger partial charge in [-0.3, -0.25) is 4.98 Å². The van der Waals surface area contributed by atoms with Gasteiger partial charge < -0.3 is 5.11 Å². The predicted octanol–water partition coefficient (Wildman–Crippen LogP) is 1.49. The molecule has 0 aliphatic heterocycles. The first-order valence-corrected chi connectivity index (χ1v) is 5.24. The summed E-state index contributed by atoms with van der Waals surface area (Å²) in [6, 6.07) is 6.61. The molecule has 88 valence electrons. The van der Waals surface area contributed by atoms with E-state index in [1.54, 1.807) is 24.7 Å². The van der Waals surface area contributed by atoms with Gasteiger partial charge in [0.15, 0.2) is 11.5 Å².